The summed E-state index contributed by atoms with van der Waals surface area (Å²) in [7, 11) is -3.55. The average molecular weight is 365 g/mol. The van der Waals surface area contributed by atoms with E-state index >= 15 is 0 Å². The Morgan fingerprint density at radius 3 is 2.48 bits per heavy atom. The molecule has 0 aliphatic heterocycles. The van der Waals surface area contributed by atoms with Crippen LogP contribution in [0.15, 0.2) is 29.2 Å². The van der Waals surface area contributed by atoms with Crippen molar-refractivity contribution in [2.24, 2.45) is 5.92 Å². The maximum atomic E-state index is 12.8. The van der Waals surface area contributed by atoms with Crippen molar-refractivity contribution >= 4 is 21.6 Å². The number of carbonyl (C=O) groups excluding carboxylic acids is 1. The predicted molar refractivity (Wildman–Crippen MR) is 101 cm³/mol. The third-order valence-corrected chi connectivity index (χ3v) is 6.85. The Morgan fingerprint density at radius 1 is 1.24 bits per heavy atom. The van der Waals surface area contributed by atoms with Gasteiger partial charge in [-0.1, -0.05) is 26.0 Å². The number of amides is 1. The fourth-order valence-electron chi connectivity index (χ4n) is 3.12. The molecule has 1 unspecified atom stereocenters. The van der Waals surface area contributed by atoms with Gasteiger partial charge in [0.05, 0.1) is 4.90 Å². The van der Waals surface area contributed by atoms with Crippen LogP contribution < -0.4 is 5.32 Å². The van der Waals surface area contributed by atoms with Crippen molar-refractivity contribution < 1.29 is 13.2 Å². The molecule has 0 saturated carbocycles. The third-order valence-electron chi connectivity index (χ3n) is 4.82. The van der Waals surface area contributed by atoms with E-state index in [1.54, 1.807) is 12.1 Å². The van der Waals surface area contributed by atoms with Crippen LogP contribution in [-0.4, -0.2) is 31.7 Å². The predicted octanol–water partition coefficient (Wildman–Crippen LogP) is 3.63. The molecule has 1 aromatic carbocycles. The summed E-state index contributed by atoms with van der Waals surface area (Å²) in [5, 5.41) is 2.91. The standard InChI is InChI=1S/C19H28N2O3S/c1-5-21(6-2)25(23,24)17-11-14(3)15(4)18(13-17)20-19(22)12-16-9-7-8-10-16/h7,9,11,13,16H,5-6,8,10,12H2,1-4H3,(H,20,22). The fraction of sp³-hybridized carbons (Fsp3) is 0.526. The quantitative estimate of drug-likeness (QED) is 0.751. The Labute approximate surface area is 151 Å². The first-order chi connectivity index (χ1) is 11.8. The van der Waals surface area contributed by atoms with Crippen LogP contribution in [0.4, 0.5) is 5.69 Å². The van der Waals surface area contributed by atoms with Crippen molar-refractivity contribution in [3.63, 3.8) is 0 Å². The molecule has 1 aliphatic carbocycles. The Bertz CT molecular complexity index is 765. The van der Waals surface area contributed by atoms with Crippen molar-refractivity contribution in [2.75, 3.05) is 18.4 Å². The Kier molecular flexibility index (Phi) is 6.41. The summed E-state index contributed by atoms with van der Waals surface area (Å²) in [5.74, 6) is 0.209. The molecule has 0 spiro atoms. The van der Waals surface area contributed by atoms with Crippen molar-refractivity contribution in [1.82, 2.24) is 4.31 Å². The van der Waals surface area contributed by atoms with Gasteiger partial charge in [-0.3, -0.25) is 4.79 Å². The second-order valence-corrected chi connectivity index (χ2v) is 8.46. The number of anilines is 1. The number of allylic oxidation sites excluding steroid dienone is 2. The summed E-state index contributed by atoms with van der Waals surface area (Å²) in [6.45, 7) is 8.24. The molecule has 0 saturated heterocycles. The molecular weight excluding hydrogens is 336 g/mol. The summed E-state index contributed by atoms with van der Waals surface area (Å²) < 4.78 is 27.0. The van der Waals surface area contributed by atoms with E-state index in [0.29, 0.717) is 25.2 Å². The number of carbonyl (C=O) groups is 1. The van der Waals surface area contributed by atoms with Gasteiger partial charge in [0.2, 0.25) is 15.9 Å². The van der Waals surface area contributed by atoms with Gasteiger partial charge in [-0.25, -0.2) is 8.42 Å². The van der Waals surface area contributed by atoms with Crippen LogP contribution in [0.25, 0.3) is 0 Å². The normalized spacial score (nSPS) is 17.2. The van der Waals surface area contributed by atoms with Gasteiger partial charge in [-0.15, -0.1) is 0 Å². The summed E-state index contributed by atoms with van der Waals surface area (Å²) in [6.07, 6.45) is 6.64. The van der Waals surface area contributed by atoms with Crippen molar-refractivity contribution in [3.8, 4) is 0 Å². The lowest BCUT2D eigenvalue weighted by molar-refractivity contribution is -0.116. The Morgan fingerprint density at radius 2 is 1.92 bits per heavy atom. The summed E-state index contributed by atoms with van der Waals surface area (Å²) >= 11 is 0. The SMILES string of the molecule is CCN(CC)S(=O)(=O)c1cc(C)c(C)c(NC(=O)CC2C=CCC2)c1. The average Bonchev–Trinajstić information content (AvgIpc) is 3.05. The minimum atomic E-state index is -3.55. The first kappa shape index (κ1) is 19.7. The van der Waals surface area contributed by atoms with E-state index in [-0.39, 0.29) is 16.7 Å². The van der Waals surface area contributed by atoms with E-state index in [1.165, 1.54) is 4.31 Å². The lowest BCUT2D eigenvalue weighted by Gasteiger charge is -2.20. The van der Waals surface area contributed by atoms with Crippen LogP contribution in [0.2, 0.25) is 0 Å². The zero-order valence-electron chi connectivity index (χ0n) is 15.5. The van der Waals surface area contributed by atoms with Crippen molar-refractivity contribution in [2.45, 2.75) is 51.9 Å². The van der Waals surface area contributed by atoms with Gasteiger partial charge in [0, 0.05) is 25.2 Å². The number of benzene rings is 1. The number of aryl methyl sites for hydroxylation is 1. The molecule has 25 heavy (non-hydrogen) atoms. The number of sulfonamides is 1. The zero-order valence-corrected chi connectivity index (χ0v) is 16.3. The number of rotatable bonds is 7. The highest BCUT2D eigenvalue weighted by atomic mass is 32.2. The van der Waals surface area contributed by atoms with E-state index in [9.17, 15) is 13.2 Å². The van der Waals surface area contributed by atoms with Gasteiger partial charge in [0.1, 0.15) is 0 Å². The molecule has 1 aromatic rings. The maximum Gasteiger partial charge on any atom is 0.243 e. The number of hydrogen-bond donors (Lipinski definition) is 1. The van der Waals surface area contributed by atoms with E-state index in [4.69, 9.17) is 0 Å². The second-order valence-electron chi connectivity index (χ2n) is 6.52. The molecule has 2 rings (SSSR count). The summed E-state index contributed by atoms with van der Waals surface area (Å²) in [5.41, 5.74) is 2.33. The molecular formula is C19H28N2O3S. The monoisotopic (exact) mass is 364 g/mol. The van der Waals surface area contributed by atoms with Crippen LogP contribution in [0.1, 0.15) is 44.2 Å². The van der Waals surface area contributed by atoms with Gasteiger partial charge in [0.15, 0.2) is 0 Å². The van der Waals surface area contributed by atoms with Gasteiger partial charge < -0.3 is 5.32 Å². The highest BCUT2D eigenvalue weighted by molar-refractivity contribution is 7.89. The van der Waals surface area contributed by atoms with E-state index in [0.717, 1.165) is 24.0 Å². The highest BCUT2D eigenvalue weighted by Crippen LogP contribution is 2.27. The van der Waals surface area contributed by atoms with E-state index in [2.05, 4.69) is 17.5 Å². The zero-order chi connectivity index (χ0) is 18.6. The molecule has 1 aliphatic rings. The summed E-state index contributed by atoms with van der Waals surface area (Å²) in [6, 6.07) is 3.26. The van der Waals surface area contributed by atoms with E-state index in [1.807, 2.05) is 27.7 Å². The van der Waals surface area contributed by atoms with Crippen LogP contribution in [0.3, 0.4) is 0 Å². The van der Waals surface area contributed by atoms with Crippen molar-refractivity contribution in [3.05, 3.63) is 35.4 Å². The smallest absolute Gasteiger partial charge is 0.243 e. The highest BCUT2D eigenvalue weighted by Gasteiger charge is 2.24. The minimum Gasteiger partial charge on any atom is -0.326 e. The van der Waals surface area contributed by atoms with Gasteiger partial charge in [-0.2, -0.15) is 4.31 Å². The van der Waals surface area contributed by atoms with Gasteiger partial charge in [0.25, 0.3) is 0 Å². The number of nitrogens with one attached hydrogen (secondary N) is 1. The Hall–Kier alpha value is -1.66. The second kappa shape index (κ2) is 8.15. The lowest BCUT2D eigenvalue weighted by Crippen LogP contribution is -2.30. The molecule has 0 heterocycles. The topological polar surface area (TPSA) is 66.5 Å². The number of nitrogens with zero attached hydrogens (tertiary/aromatic N) is 1. The van der Waals surface area contributed by atoms with Crippen LogP contribution in [0, 0.1) is 19.8 Å². The molecule has 0 radical (unpaired) electrons. The minimum absolute atomic E-state index is 0.0727. The maximum absolute atomic E-state index is 12.8. The molecule has 1 atom stereocenters. The van der Waals surface area contributed by atoms with Gasteiger partial charge in [-0.05, 0) is 55.9 Å². The molecule has 5 nitrogen and oxygen atoms in total. The lowest BCUT2D eigenvalue weighted by atomic mass is 10.0. The van der Waals surface area contributed by atoms with E-state index < -0.39 is 10.0 Å². The fourth-order valence-corrected chi connectivity index (χ4v) is 4.69. The molecule has 1 N–H and O–H groups in total. The molecule has 138 valence electrons. The van der Waals surface area contributed by atoms with Crippen LogP contribution in [0.5, 0.6) is 0 Å². The Balaban J connectivity index is 2.28. The van der Waals surface area contributed by atoms with Crippen LogP contribution in [-0.2, 0) is 14.8 Å². The molecule has 0 aromatic heterocycles. The molecule has 6 heteroatoms. The first-order valence-corrected chi connectivity index (χ1v) is 10.3. The van der Waals surface area contributed by atoms with Crippen LogP contribution >= 0.6 is 0 Å². The third kappa shape index (κ3) is 4.50. The molecule has 0 fully saturated rings. The molecule has 0 bridgehead atoms. The van der Waals surface area contributed by atoms with Gasteiger partial charge >= 0.3 is 0 Å². The first-order valence-electron chi connectivity index (χ1n) is 8.87. The largest absolute Gasteiger partial charge is 0.326 e. The molecule has 1 amide bonds. The van der Waals surface area contributed by atoms with Crippen molar-refractivity contribution in [1.29, 1.82) is 0 Å². The summed E-state index contributed by atoms with van der Waals surface area (Å²) in [4.78, 5) is 12.6. The number of hydrogen-bond acceptors (Lipinski definition) is 3.